The van der Waals surface area contributed by atoms with Gasteiger partial charge >= 0.3 is 0 Å². The van der Waals surface area contributed by atoms with Crippen LogP contribution in [-0.4, -0.2) is 0 Å². The van der Waals surface area contributed by atoms with E-state index >= 15 is 0 Å². The first-order valence-corrected chi connectivity index (χ1v) is 6.92. The zero-order chi connectivity index (χ0) is 15.4. The van der Waals surface area contributed by atoms with Crippen LogP contribution in [0.2, 0.25) is 0 Å². The highest BCUT2D eigenvalue weighted by Crippen LogP contribution is 2.29. The van der Waals surface area contributed by atoms with E-state index < -0.39 is 0 Å². The van der Waals surface area contributed by atoms with Gasteiger partial charge in [0, 0.05) is 5.57 Å². The van der Waals surface area contributed by atoms with Crippen molar-refractivity contribution in [1.29, 1.82) is 10.5 Å². The van der Waals surface area contributed by atoms with E-state index in [9.17, 15) is 10.5 Å². The molecular formula is C20H12N2. The molecule has 0 aromatic heterocycles. The summed E-state index contributed by atoms with van der Waals surface area (Å²) in [5, 5.41) is 20.8. The summed E-state index contributed by atoms with van der Waals surface area (Å²) in [7, 11) is 0. The number of nitriles is 2. The largest absolute Gasteiger partial charge is 0.192 e. The van der Waals surface area contributed by atoms with Crippen LogP contribution in [0.25, 0.3) is 16.3 Å². The fourth-order valence-corrected chi connectivity index (χ4v) is 2.54. The molecule has 2 heteroatoms. The Morgan fingerprint density at radius 1 is 0.636 bits per heavy atom. The van der Waals surface area contributed by atoms with Gasteiger partial charge in [0.1, 0.15) is 17.7 Å². The third kappa shape index (κ3) is 2.46. The average Bonchev–Trinajstić information content (AvgIpc) is 2.60. The fourth-order valence-electron chi connectivity index (χ4n) is 2.54. The van der Waals surface area contributed by atoms with Crippen LogP contribution in [-0.2, 0) is 0 Å². The maximum Gasteiger partial charge on any atom is 0.138 e. The van der Waals surface area contributed by atoms with Crippen molar-refractivity contribution in [3.63, 3.8) is 0 Å². The van der Waals surface area contributed by atoms with Crippen molar-refractivity contribution in [2.45, 2.75) is 0 Å². The summed E-state index contributed by atoms with van der Waals surface area (Å²) in [5.41, 5.74) is 2.55. The lowest BCUT2D eigenvalue weighted by Crippen LogP contribution is -1.92. The molecule has 0 aliphatic heterocycles. The minimum atomic E-state index is 0.126. The zero-order valence-corrected chi connectivity index (χ0v) is 11.8. The second-order valence-electron chi connectivity index (χ2n) is 4.90. The highest BCUT2D eigenvalue weighted by Gasteiger charge is 2.12. The van der Waals surface area contributed by atoms with Gasteiger partial charge in [-0.05, 0) is 28.0 Å². The molecule has 3 rings (SSSR count). The van der Waals surface area contributed by atoms with Gasteiger partial charge in [-0.2, -0.15) is 10.5 Å². The Morgan fingerprint density at radius 3 is 1.95 bits per heavy atom. The van der Waals surface area contributed by atoms with Crippen molar-refractivity contribution in [3.8, 4) is 12.1 Å². The Labute approximate surface area is 129 Å². The van der Waals surface area contributed by atoms with Gasteiger partial charge in [-0.15, -0.1) is 0 Å². The third-order valence-corrected chi connectivity index (χ3v) is 3.57. The van der Waals surface area contributed by atoms with Crippen LogP contribution in [0.3, 0.4) is 0 Å². The number of benzene rings is 3. The van der Waals surface area contributed by atoms with Crippen LogP contribution >= 0.6 is 0 Å². The van der Waals surface area contributed by atoms with E-state index in [1.807, 2.05) is 84.9 Å². The molecule has 0 saturated carbocycles. The Bertz CT molecular complexity index is 923. The van der Waals surface area contributed by atoms with Crippen LogP contribution in [0.15, 0.2) is 78.4 Å². The lowest BCUT2D eigenvalue weighted by atomic mass is 9.92. The molecule has 0 radical (unpaired) electrons. The van der Waals surface area contributed by atoms with Crippen molar-refractivity contribution < 1.29 is 0 Å². The number of rotatable bonds is 2. The van der Waals surface area contributed by atoms with E-state index in [1.165, 1.54) is 0 Å². The van der Waals surface area contributed by atoms with Gasteiger partial charge in [0.15, 0.2) is 0 Å². The van der Waals surface area contributed by atoms with Crippen molar-refractivity contribution >= 4 is 16.3 Å². The molecule has 3 aromatic rings. The molecule has 102 valence electrons. The summed E-state index contributed by atoms with van der Waals surface area (Å²) in [6.07, 6.45) is 0. The molecule has 0 bridgehead atoms. The Morgan fingerprint density at radius 2 is 1.27 bits per heavy atom. The average molecular weight is 280 g/mol. The number of fused-ring (bicyclic) bond motifs is 1. The molecule has 22 heavy (non-hydrogen) atoms. The van der Waals surface area contributed by atoms with E-state index in [2.05, 4.69) is 0 Å². The van der Waals surface area contributed by atoms with Crippen molar-refractivity contribution in [2.75, 3.05) is 0 Å². The van der Waals surface area contributed by atoms with E-state index in [0.29, 0.717) is 5.57 Å². The molecule has 0 atom stereocenters. The monoisotopic (exact) mass is 280 g/mol. The van der Waals surface area contributed by atoms with Crippen LogP contribution in [0.4, 0.5) is 0 Å². The van der Waals surface area contributed by atoms with Gasteiger partial charge in [-0.3, -0.25) is 0 Å². The smallest absolute Gasteiger partial charge is 0.138 e. The topological polar surface area (TPSA) is 47.6 Å². The highest BCUT2D eigenvalue weighted by molar-refractivity contribution is 5.92. The molecule has 0 spiro atoms. The predicted molar refractivity (Wildman–Crippen MR) is 87.6 cm³/mol. The normalized spacial score (nSPS) is 9.73. The lowest BCUT2D eigenvalue weighted by Gasteiger charge is -2.10. The van der Waals surface area contributed by atoms with Crippen LogP contribution in [0.5, 0.6) is 0 Å². The third-order valence-electron chi connectivity index (χ3n) is 3.57. The van der Waals surface area contributed by atoms with Gasteiger partial charge in [-0.1, -0.05) is 66.7 Å². The molecule has 0 fully saturated rings. The van der Waals surface area contributed by atoms with Crippen molar-refractivity contribution in [1.82, 2.24) is 0 Å². The van der Waals surface area contributed by atoms with E-state index in [4.69, 9.17) is 0 Å². The van der Waals surface area contributed by atoms with E-state index in [-0.39, 0.29) is 5.57 Å². The van der Waals surface area contributed by atoms with Gasteiger partial charge in [0.2, 0.25) is 0 Å². The minimum Gasteiger partial charge on any atom is -0.192 e. The SMILES string of the molecule is N#CC(C#N)=C(c1ccccc1)c1ccc2ccccc2c1. The van der Waals surface area contributed by atoms with Crippen LogP contribution in [0.1, 0.15) is 11.1 Å². The van der Waals surface area contributed by atoms with Gasteiger partial charge in [-0.25, -0.2) is 0 Å². The molecule has 0 amide bonds. The molecular weight excluding hydrogens is 268 g/mol. The first-order chi connectivity index (χ1) is 10.8. The fraction of sp³-hybridized carbons (Fsp3) is 0. The molecule has 0 heterocycles. The first-order valence-electron chi connectivity index (χ1n) is 6.92. The van der Waals surface area contributed by atoms with Crippen LogP contribution in [0, 0.1) is 22.7 Å². The Balaban J connectivity index is 2.28. The maximum absolute atomic E-state index is 9.30. The van der Waals surface area contributed by atoms with Crippen LogP contribution < -0.4 is 0 Å². The minimum absolute atomic E-state index is 0.126. The van der Waals surface area contributed by atoms with Gasteiger partial charge < -0.3 is 0 Å². The summed E-state index contributed by atoms with van der Waals surface area (Å²) in [6.45, 7) is 0. The van der Waals surface area contributed by atoms with Crippen molar-refractivity contribution in [3.05, 3.63) is 89.5 Å². The Hall–Kier alpha value is -3.36. The van der Waals surface area contributed by atoms with Crippen molar-refractivity contribution in [2.24, 2.45) is 0 Å². The quantitative estimate of drug-likeness (QED) is 0.639. The summed E-state index contributed by atoms with van der Waals surface area (Å²) in [5.74, 6) is 0. The number of hydrogen-bond acceptors (Lipinski definition) is 2. The highest BCUT2D eigenvalue weighted by atomic mass is 14.3. The molecule has 3 aromatic carbocycles. The van der Waals surface area contributed by atoms with E-state index in [1.54, 1.807) is 0 Å². The standard InChI is InChI=1S/C20H12N2/c21-13-19(14-22)20(16-7-2-1-3-8-16)18-11-10-15-6-4-5-9-17(15)12-18/h1-12H. The summed E-state index contributed by atoms with van der Waals surface area (Å²) >= 11 is 0. The summed E-state index contributed by atoms with van der Waals surface area (Å²) < 4.78 is 0. The first kappa shape index (κ1) is 13.6. The zero-order valence-electron chi connectivity index (χ0n) is 11.8. The summed E-state index contributed by atoms with van der Waals surface area (Å²) in [4.78, 5) is 0. The molecule has 0 saturated heterocycles. The second kappa shape index (κ2) is 5.95. The molecule has 0 aliphatic rings. The number of nitrogens with zero attached hydrogens (tertiary/aromatic N) is 2. The Kier molecular flexibility index (Phi) is 3.69. The van der Waals surface area contributed by atoms with E-state index in [0.717, 1.165) is 21.9 Å². The van der Waals surface area contributed by atoms with Gasteiger partial charge in [0.25, 0.3) is 0 Å². The predicted octanol–water partition coefficient (Wildman–Crippen LogP) is 4.69. The molecule has 2 nitrogen and oxygen atoms in total. The molecule has 0 N–H and O–H groups in total. The van der Waals surface area contributed by atoms with Gasteiger partial charge in [0.05, 0.1) is 0 Å². The number of allylic oxidation sites excluding steroid dienone is 1. The molecule has 0 aliphatic carbocycles. The number of hydrogen-bond donors (Lipinski definition) is 0. The second-order valence-corrected chi connectivity index (χ2v) is 4.90. The lowest BCUT2D eigenvalue weighted by molar-refractivity contribution is 1.45. The molecule has 0 unspecified atom stereocenters. The summed E-state index contributed by atoms with van der Waals surface area (Å²) in [6, 6.07) is 27.6. The maximum atomic E-state index is 9.30.